The number of ether oxygens (including phenoxy) is 2. The van der Waals surface area contributed by atoms with Gasteiger partial charge in [-0.15, -0.1) is 0 Å². The molecule has 0 saturated carbocycles. The number of nitrogens with zero attached hydrogens (tertiary/aromatic N) is 1. The van der Waals surface area contributed by atoms with Crippen molar-refractivity contribution in [3.63, 3.8) is 0 Å². The van der Waals surface area contributed by atoms with Crippen molar-refractivity contribution >= 4 is 0 Å². The molecule has 1 aromatic rings. The third kappa shape index (κ3) is 2.14. The summed E-state index contributed by atoms with van der Waals surface area (Å²) in [5.41, 5.74) is 0. The largest absolute Gasteiger partial charge is 0.481 e. The minimum Gasteiger partial charge on any atom is -0.481 e. The Morgan fingerprint density at radius 1 is 1.43 bits per heavy atom. The number of aromatic nitrogens is 1. The Morgan fingerprint density at radius 2 is 2.29 bits per heavy atom. The molecule has 4 nitrogen and oxygen atoms in total. The fraction of sp³-hybridized carbons (Fsp3) is 0.500. The van der Waals surface area contributed by atoms with Crippen LogP contribution < -0.4 is 14.8 Å². The summed E-state index contributed by atoms with van der Waals surface area (Å²) in [5.74, 6) is 1.23. The molecule has 0 aromatic carbocycles. The highest BCUT2D eigenvalue weighted by Gasteiger charge is 2.16. The standard InChI is InChI=1S/C10H14N2O2/c1-13-9-3-2-4-10(12-9)14-8-5-6-11-7-8/h2-4,8,11H,5-7H2,1H3/t8-/m0/s1. The van der Waals surface area contributed by atoms with Crippen molar-refractivity contribution in [3.05, 3.63) is 18.2 Å². The maximum Gasteiger partial charge on any atom is 0.216 e. The van der Waals surface area contributed by atoms with Crippen molar-refractivity contribution in [1.82, 2.24) is 10.3 Å². The van der Waals surface area contributed by atoms with Crippen LogP contribution in [0.4, 0.5) is 0 Å². The first-order chi connectivity index (χ1) is 6.88. The van der Waals surface area contributed by atoms with Crippen LogP contribution in [0.3, 0.4) is 0 Å². The van der Waals surface area contributed by atoms with Crippen molar-refractivity contribution in [2.45, 2.75) is 12.5 Å². The predicted octanol–water partition coefficient (Wildman–Crippen LogP) is 0.831. The van der Waals surface area contributed by atoms with E-state index >= 15 is 0 Å². The van der Waals surface area contributed by atoms with E-state index in [0.717, 1.165) is 19.5 Å². The van der Waals surface area contributed by atoms with Crippen LogP contribution in [0.2, 0.25) is 0 Å². The molecule has 1 fully saturated rings. The molecule has 1 atom stereocenters. The SMILES string of the molecule is COc1cccc(O[C@H]2CCNC2)n1. The van der Waals surface area contributed by atoms with E-state index in [0.29, 0.717) is 11.8 Å². The van der Waals surface area contributed by atoms with E-state index in [2.05, 4.69) is 10.3 Å². The Kier molecular flexibility index (Phi) is 2.84. The maximum atomic E-state index is 5.66. The van der Waals surface area contributed by atoms with Gasteiger partial charge in [-0.1, -0.05) is 6.07 Å². The van der Waals surface area contributed by atoms with Crippen LogP contribution in [-0.2, 0) is 0 Å². The van der Waals surface area contributed by atoms with Crippen LogP contribution >= 0.6 is 0 Å². The second-order valence-electron chi connectivity index (χ2n) is 3.25. The first-order valence-electron chi connectivity index (χ1n) is 4.77. The van der Waals surface area contributed by atoms with E-state index < -0.39 is 0 Å². The predicted molar refractivity (Wildman–Crippen MR) is 52.7 cm³/mol. The highest BCUT2D eigenvalue weighted by atomic mass is 16.5. The number of hydrogen-bond donors (Lipinski definition) is 1. The molecule has 1 saturated heterocycles. The molecule has 1 aromatic heterocycles. The molecule has 1 aliphatic heterocycles. The number of pyridine rings is 1. The molecule has 1 N–H and O–H groups in total. The minimum atomic E-state index is 0.245. The van der Waals surface area contributed by atoms with Gasteiger partial charge < -0.3 is 14.8 Å². The molecule has 14 heavy (non-hydrogen) atoms. The smallest absolute Gasteiger partial charge is 0.216 e. The molecule has 0 radical (unpaired) electrons. The van der Waals surface area contributed by atoms with E-state index in [4.69, 9.17) is 9.47 Å². The van der Waals surface area contributed by atoms with Crippen LogP contribution in [0.25, 0.3) is 0 Å². The number of methoxy groups -OCH3 is 1. The van der Waals surface area contributed by atoms with Crippen molar-refractivity contribution in [1.29, 1.82) is 0 Å². The summed E-state index contributed by atoms with van der Waals surface area (Å²) in [5, 5.41) is 3.24. The molecular weight excluding hydrogens is 180 g/mol. The molecule has 0 bridgehead atoms. The van der Waals surface area contributed by atoms with Crippen molar-refractivity contribution in [2.24, 2.45) is 0 Å². The first-order valence-corrected chi connectivity index (χ1v) is 4.77. The lowest BCUT2D eigenvalue weighted by molar-refractivity contribution is 0.211. The Bertz CT molecular complexity index is 298. The monoisotopic (exact) mass is 194 g/mol. The van der Waals surface area contributed by atoms with Crippen LogP contribution in [-0.4, -0.2) is 31.3 Å². The summed E-state index contributed by atoms with van der Waals surface area (Å²) in [6.07, 6.45) is 1.29. The zero-order chi connectivity index (χ0) is 9.80. The lowest BCUT2D eigenvalue weighted by atomic mass is 10.3. The number of nitrogens with one attached hydrogen (secondary N) is 1. The lowest BCUT2D eigenvalue weighted by Crippen LogP contribution is -2.20. The van der Waals surface area contributed by atoms with Gasteiger partial charge in [0.2, 0.25) is 11.8 Å². The number of rotatable bonds is 3. The highest BCUT2D eigenvalue weighted by molar-refractivity contribution is 5.19. The second-order valence-corrected chi connectivity index (χ2v) is 3.25. The molecule has 0 aliphatic carbocycles. The Morgan fingerprint density at radius 3 is 3.00 bits per heavy atom. The Balaban J connectivity index is 2.00. The Labute approximate surface area is 83.2 Å². The summed E-state index contributed by atoms with van der Waals surface area (Å²) < 4.78 is 10.7. The summed E-state index contributed by atoms with van der Waals surface area (Å²) >= 11 is 0. The fourth-order valence-electron chi connectivity index (χ4n) is 1.47. The van der Waals surface area contributed by atoms with Gasteiger partial charge in [0.1, 0.15) is 6.10 Å². The summed E-state index contributed by atoms with van der Waals surface area (Å²) in [4.78, 5) is 4.18. The van der Waals surface area contributed by atoms with Gasteiger partial charge in [-0.25, -0.2) is 0 Å². The fourth-order valence-corrected chi connectivity index (χ4v) is 1.47. The van der Waals surface area contributed by atoms with Crippen molar-refractivity contribution in [3.8, 4) is 11.8 Å². The lowest BCUT2D eigenvalue weighted by Gasteiger charge is -2.11. The first kappa shape index (κ1) is 9.27. The zero-order valence-electron chi connectivity index (χ0n) is 8.19. The normalized spacial score (nSPS) is 20.8. The number of hydrogen-bond acceptors (Lipinski definition) is 4. The van der Waals surface area contributed by atoms with Crippen molar-refractivity contribution < 1.29 is 9.47 Å². The van der Waals surface area contributed by atoms with Crippen LogP contribution in [0.5, 0.6) is 11.8 Å². The highest BCUT2D eigenvalue weighted by Crippen LogP contribution is 2.15. The van der Waals surface area contributed by atoms with Gasteiger partial charge in [-0.2, -0.15) is 4.98 Å². The van der Waals surface area contributed by atoms with E-state index in [-0.39, 0.29) is 6.10 Å². The molecule has 0 spiro atoms. The topological polar surface area (TPSA) is 43.4 Å². The van der Waals surface area contributed by atoms with E-state index in [1.165, 1.54) is 0 Å². The zero-order valence-corrected chi connectivity index (χ0v) is 8.19. The molecular formula is C10H14N2O2. The van der Waals surface area contributed by atoms with E-state index in [1.54, 1.807) is 13.2 Å². The Hall–Kier alpha value is -1.29. The minimum absolute atomic E-state index is 0.245. The van der Waals surface area contributed by atoms with Gasteiger partial charge in [0.15, 0.2) is 0 Å². The molecule has 4 heteroatoms. The van der Waals surface area contributed by atoms with Gasteiger partial charge in [0, 0.05) is 18.7 Å². The van der Waals surface area contributed by atoms with E-state index in [9.17, 15) is 0 Å². The molecule has 76 valence electrons. The van der Waals surface area contributed by atoms with Crippen molar-refractivity contribution in [2.75, 3.05) is 20.2 Å². The maximum absolute atomic E-state index is 5.66. The second kappa shape index (κ2) is 4.28. The van der Waals surface area contributed by atoms with Crippen LogP contribution in [0, 0.1) is 0 Å². The van der Waals surface area contributed by atoms with E-state index in [1.807, 2.05) is 12.1 Å². The van der Waals surface area contributed by atoms with Crippen LogP contribution in [0.1, 0.15) is 6.42 Å². The summed E-state index contributed by atoms with van der Waals surface area (Å²) in [6, 6.07) is 5.53. The summed E-state index contributed by atoms with van der Waals surface area (Å²) in [7, 11) is 1.60. The van der Waals surface area contributed by atoms with Gasteiger partial charge in [-0.05, 0) is 13.0 Å². The third-order valence-corrected chi connectivity index (χ3v) is 2.21. The molecule has 0 unspecified atom stereocenters. The molecule has 0 amide bonds. The van der Waals surface area contributed by atoms with Gasteiger partial charge in [0.05, 0.1) is 7.11 Å². The molecule has 2 heterocycles. The quantitative estimate of drug-likeness (QED) is 0.774. The van der Waals surface area contributed by atoms with Gasteiger partial charge >= 0.3 is 0 Å². The van der Waals surface area contributed by atoms with Crippen LogP contribution in [0.15, 0.2) is 18.2 Å². The average molecular weight is 194 g/mol. The third-order valence-electron chi connectivity index (χ3n) is 2.21. The molecule has 2 rings (SSSR count). The molecule has 1 aliphatic rings. The summed E-state index contributed by atoms with van der Waals surface area (Å²) in [6.45, 7) is 1.92. The van der Waals surface area contributed by atoms with Gasteiger partial charge in [-0.3, -0.25) is 0 Å². The average Bonchev–Trinajstić information content (AvgIpc) is 2.71. The van der Waals surface area contributed by atoms with Gasteiger partial charge in [0.25, 0.3) is 0 Å².